The van der Waals surface area contributed by atoms with E-state index < -0.39 is 23.9 Å². The first-order chi connectivity index (χ1) is 11.5. The molecule has 2 aromatic rings. The average Bonchev–Trinajstić information content (AvgIpc) is 2.54. The third-order valence-electron chi connectivity index (χ3n) is 3.24. The number of aliphatic carboxylic acids is 1. The number of amides is 1. The molecule has 0 spiro atoms. The van der Waals surface area contributed by atoms with Gasteiger partial charge in [0, 0.05) is 18.9 Å². The quantitative estimate of drug-likeness (QED) is 0.625. The molecule has 0 aromatic heterocycles. The Kier molecular flexibility index (Phi) is 5.68. The van der Waals surface area contributed by atoms with Crippen molar-refractivity contribution in [2.75, 3.05) is 0 Å². The molecule has 0 aliphatic rings. The summed E-state index contributed by atoms with van der Waals surface area (Å²) in [5.74, 6) is -1.94. The van der Waals surface area contributed by atoms with E-state index in [9.17, 15) is 19.5 Å². The summed E-state index contributed by atoms with van der Waals surface area (Å²) in [6.07, 6.45) is 0.172. The van der Waals surface area contributed by atoms with Crippen LogP contribution in [-0.2, 0) is 16.0 Å². The second-order valence-electron chi connectivity index (χ2n) is 5.18. The highest BCUT2D eigenvalue weighted by molar-refractivity contribution is 5.97. The Morgan fingerprint density at radius 1 is 1.08 bits per heavy atom. The van der Waals surface area contributed by atoms with Gasteiger partial charge in [-0.25, -0.2) is 4.79 Å². The Morgan fingerprint density at radius 3 is 2.42 bits per heavy atom. The molecule has 0 saturated heterocycles. The van der Waals surface area contributed by atoms with Crippen molar-refractivity contribution in [1.29, 1.82) is 0 Å². The van der Waals surface area contributed by atoms with Crippen molar-refractivity contribution in [2.45, 2.75) is 19.4 Å². The van der Waals surface area contributed by atoms with E-state index in [1.54, 1.807) is 30.3 Å². The smallest absolute Gasteiger partial charge is 0.326 e. The summed E-state index contributed by atoms with van der Waals surface area (Å²) in [6, 6.07) is 14.0. The van der Waals surface area contributed by atoms with Crippen LogP contribution in [0.15, 0.2) is 54.6 Å². The number of carbonyl (C=O) groups excluding carboxylic acids is 2. The maximum Gasteiger partial charge on any atom is 0.326 e. The first-order valence-electron chi connectivity index (χ1n) is 7.32. The van der Waals surface area contributed by atoms with E-state index in [2.05, 4.69) is 5.32 Å². The molecular formula is C18H17NO5. The van der Waals surface area contributed by atoms with Crippen molar-refractivity contribution in [3.63, 3.8) is 0 Å². The van der Waals surface area contributed by atoms with Crippen LogP contribution in [0.4, 0.5) is 0 Å². The van der Waals surface area contributed by atoms with Gasteiger partial charge in [0.15, 0.2) is 0 Å². The minimum atomic E-state index is -1.12. The Bertz CT molecular complexity index is 742. The van der Waals surface area contributed by atoms with E-state index in [0.717, 1.165) is 5.56 Å². The fourth-order valence-corrected chi connectivity index (χ4v) is 2.16. The standard InChI is InChI=1S/C18H17NO5/c1-12(20)24-15-9-5-8-14(11-15)17(21)19-16(18(22)23)10-13-6-3-2-4-7-13/h2-9,11,16H,10H2,1H3,(H,19,21)(H,22,23)/t16-/m0/s1. The van der Waals surface area contributed by atoms with Gasteiger partial charge in [0.1, 0.15) is 11.8 Å². The summed E-state index contributed by atoms with van der Waals surface area (Å²) in [4.78, 5) is 34.6. The molecule has 0 saturated carbocycles. The van der Waals surface area contributed by atoms with Gasteiger partial charge in [-0.2, -0.15) is 0 Å². The van der Waals surface area contributed by atoms with Gasteiger partial charge in [0.05, 0.1) is 0 Å². The van der Waals surface area contributed by atoms with Crippen molar-refractivity contribution >= 4 is 17.8 Å². The lowest BCUT2D eigenvalue weighted by Crippen LogP contribution is -2.42. The van der Waals surface area contributed by atoms with Gasteiger partial charge in [-0.3, -0.25) is 9.59 Å². The molecule has 2 rings (SSSR count). The molecule has 0 bridgehead atoms. The topological polar surface area (TPSA) is 92.7 Å². The number of carboxylic acids is 1. The lowest BCUT2D eigenvalue weighted by atomic mass is 10.1. The second-order valence-corrected chi connectivity index (χ2v) is 5.18. The van der Waals surface area contributed by atoms with Crippen LogP contribution in [0.5, 0.6) is 5.75 Å². The minimum Gasteiger partial charge on any atom is -0.480 e. The fraction of sp³-hybridized carbons (Fsp3) is 0.167. The summed E-state index contributed by atoms with van der Waals surface area (Å²) in [5.41, 5.74) is 1.02. The van der Waals surface area contributed by atoms with Crippen LogP contribution >= 0.6 is 0 Å². The fourth-order valence-electron chi connectivity index (χ4n) is 2.16. The molecule has 2 N–H and O–H groups in total. The third-order valence-corrected chi connectivity index (χ3v) is 3.24. The van der Waals surface area contributed by atoms with Crippen molar-refractivity contribution < 1.29 is 24.2 Å². The molecule has 0 unspecified atom stereocenters. The maximum atomic E-state index is 12.3. The number of carbonyl (C=O) groups is 3. The van der Waals surface area contributed by atoms with E-state index in [0.29, 0.717) is 0 Å². The normalized spacial score (nSPS) is 11.4. The molecule has 0 aliphatic heterocycles. The predicted octanol–water partition coefficient (Wildman–Crippen LogP) is 2.04. The van der Waals surface area contributed by atoms with Gasteiger partial charge in [-0.1, -0.05) is 36.4 Å². The zero-order valence-corrected chi connectivity index (χ0v) is 13.1. The van der Waals surface area contributed by atoms with Crippen LogP contribution in [0.2, 0.25) is 0 Å². The third kappa shape index (κ3) is 4.95. The number of hydrogen-bond acceptors (Lipinski definition) is 4. The molecule has 0 aliphatic carbocycles. The molecule has 124 valence electrons. The van der Waals surface area contributed by atoms with Crippen molar-refractivity contribution in [3.05, 3.63) is 65.7 Å². The van der Waals surface area contributed by atoms with Gasteiger partial charge in [0.2, 0.25) is 0 Å². The summed E-state index contributed by atoms with van der Waals surface area (Å²) in [7, 11) is 0. The van der Waals surface area contributed by atoms with Gasteiger partial charge in [-0.05, 0) is 23.8 Å². The number of nitrogens with one attached hydrogen (secondary N) is 1. The van der Waals surface area contributed by atoms with E-state index in [1.165, 1.54) is 25.1 Å². The maximum absolute atomic E-state index is 12.3. The molecule has 1 amide bonds. The van der Waals surface area contributed by atoms with Crippen LogP contribution in [0.3, 0.4) is 0 Å². The molecule has 2 aromatic carbocycles. The molecule has 24 heavy (non-hydrogen) atoms. The average molecular weight is 327 g/mol. The lowest BCUT2D eigenvalue weighted by Gasteiger charge is -2.15. The van der Waals surface area contributed by atoms with E-state index in [1.807, 2.05) is 6.07 Å². The van der Waals surface area contributed by atoms with Crippen LogP contribution in [-0.4, -0.2) is 29.0 Å². The Morgan fingerprint density at radius 2 is 1.79 bits per heavy atom. The minimum absolute atomic E-state index is 0.172. The zero-order valence-electron chi connectivity index (χ0n) is 13.1. The number of hydrogen-bond donors (Lipinski definition) is 2. The SMILES string of the molecule is CC(=O)Oc1cccc(C(=O)N[C@@H](Cc2ccccc2)C(=O)O)c1. The number of carboxylic acid groups (broad SMARTS) is 1. The molecule has 6 heteroatoms. The summed E-state index contributed by atoms with van der Waals surface area (Å²) in [5, 5.41) is 11.8. The molecule has 1 atom stereocenters. The zero-order chi connectivity index (χ0) is 17.5. The molecular weight excluding hydrogens is 310 g/mol. The highest BCUT2D eigenvalue weighted by Gasteiger charge is 2.21. The van der Waals surface area contributed by atoms with Gasteiger partial charge < -0.3 is 15.2 Å². The molecule has 0 heterocycles. The van der Waals surface area contributed by atoms with Crippen LogP contribution in [0.25, 0.3) is 0 Å². The lowest BCUT2D eigenvalue weighted by molar-refractivity contribution is -0.139. The monoisotopic (exact) mass is 327 g/mol. The molecule has 6 nitrogen and oxygen atoms in total. The Hall–Kier alpha value is -3.15. The molecule has 0 radical (unpaired) electrons. The first kappa shape index (κ1) is 17.2. The van der Waals surface area contributed by atoms with Gasteiger partial charge >= 0.3 is 11.9 Å². The van der Waals surface area contributed by atoms with E-state index in [-0.39, 0.29) is 17.7 Å². The van der Waals surface area contributed by atoms with Crippen molar-refractivity contribution in [3.8, 4) is 5.75 Å². The number of rotatable bonds is 6. The van der Waals surface area contributed by atoms with Crippen LogP contribution in [0.1, 0.15) is 22.8 Å². The Labute approximate surface area is 139 Å². The highest BCUT2D eigenvalue weighted by atomic mass is 16.5. The molecule has 0 fully saturated rings. The van der Waals surface area contributed by atoms with E-state index >= 15 is 0 Å². The van der Waals surface area contributed by atoms with Gasteiger partial charge in [-0.15, -0.1) is 0 Å². The Balaban J connectivity index is 2.10. The van der Waals surface area contributed by atoms with Crippen LogP contribution in [0, 0.1) is 0 Å². The van der Waals surface area contributed by atoms with Crippen molar-refractivity contribution in [2.24, 2.45) is 0 Å². The number of esters is 1. The van der Waals surface area contributed by atoms with Crippen molar-refractivity contribution in [1.82, 2.24) is 5.32 Å². The van der Waals surface area contributed by atoms with Crippen LogP contribution < -0.4 is 10.1 Å². The van der Waals surface area contributed by atoms with Gasteiger partial charge in [0.25, 0.3) is 5.91 Å². The second kappa shape index (κ2) is 7.92. The largest absolute Gasteiger partial charge is 0.480 e. The summed E-state index contributed by atoms with van der Waals surface area (Å²) < 4.78 is 4.92. The summed E-state index contributed by atoms with van der Waals surface area (Å²) in [6.45, 7) is 1.26. The van der Waals surface area contributed by atoms with E-state index in [4.69, 9.17) is 4.74 Å². The highest BCUT2D eigenvalue weighted by Crippen LogP contribution is 2.14. The number of ether oxygens (including phenoxy) is 1. The first-order valence-corrected chi connectivity index (χ1v) is 7.32. The predicted molar refractivity (Wildman–Crippen MR) is 86.8 cm³/mol. The summed E-state index contributed by atoms with van der Waals surface area (Å²) >= 11 is 0. The number of benzene rings is 2.